The maximum Gasteiger partial charge on any atom is 0.416 e. The Morgan fingerprint density at radius 3 is 2.45 bits per heavy atom. The smallest absolute Gasteiger partial charge is 0.416 e. The molecule has 4 nitrogen and oxygen atoms in total. The van der Waals surface area contributed by atoms with E-state index in [9.17, 15) is 9.90 Å². The minimum absolute atomic E-state index is 0.729. The number of hydrogen-bond donors (Lipinski definition) is 1. The average Bonchev–Trinajstić information content (AvgIpc) is 2.53. The van der Waals surface area contributed by atoms with Crippen LogP contribution in [0.15, 0.2) is 52.3 Å². The van der Waals surface area contributed by atoms with Crippen LogP contribution in [0.2, 0.25) is 0 Å². The van der Waals surface area contributed by atoms with Crippen LogP contribution >= 0.6 is 11.8 Å². The molecular formula is C17H18N2O2S. The number of amides is 1. The molecule has 0 unspecified atom stereocenters. The van der Waals surface area contributed by atoms with Crippen molar-refractivity contribution in [2.45, 2.75) is 23.6 Å². The van der Waals surface area contributed by atoms with Gasteiger partial charge in [-0.15, -0.1) is 0 Å². The number of anilines is 3. The summed E-state index contributed by atoms with van der Waals surface area (Å²) in [6, 6.07) is 13.6. The van der Waals surface area contributed by atoms with Gasteiger partial charge in [-0.1, -0.05) is 30.0 Å². The highest BCUT2D eigenvalue weighted by Crippen LogP contribution is 2.51. The molecular weight excluding hydrogens is 296 g/mol. The second-order valence-corrected chi connectivity index (χ2v) is 6.07. The summed E-state index contributed by atoms with van der Waals surface area (Å²) in [6.45, 7) is 5.84. The molecule has 0 saturated heterocycles. The molecule has 3 rings (SSSR count). The van der Waals surface area contributed by atoms with Crippen molar-refractivity contribution in [1.29, 1.82) is 0 Å². The number of hydrogen-bond acceptors (Lipinski definition) is 3. The number of nitrogens with zero attached hydrogens (tertiary/aromatic N) is 2. The van der Waals surface area contributed by atoms with Gasteiger partial charge in [0.25, 0.3) is 0 Å². The third kappa shape index (κ3) is 2.31. The minimum atomic E-state index is -0.950. The van der Waals surface area contributed by atoms with E-state index in [4.69, 9.17) is 0 Å². The normalized spacial score (nSPS) is 12.5. The van der Waals surface area contributed by atoms with Gasteiger partial charge in [0.05, 0.1) is 17.1 Å². The van der Waals surface area contributed by atoms with Crippen molar-refractivity contribution < 1.29 is 9.90 Å². The van der Waals surface area contributed by atoms with Crippen molar-refractivity contribution in [2.24, 2.45) is 0 Å². The lowest BCUT2D eigenvalue weighted by molar-refractivity contribution is 0.204. The number of carbonyl (C=O) groups is 1. The first-order chi connectivity index (χ1) is 10.7. The molecule has 114 valence electrons. The van der Waals surface area contributed by atoms with Gasteiger partial charge >= 0.3 is 6.09 Å². The molecule has 1 aliphatic heterocycles. The van der Waals surface area contributed by atoms with Gasteiger partial charge in [0, 0.05) is 22.9 Å². The number of fused-ring (bicyclic) bond motifs is 2. The van der Waals surface area contributed by atoms with Gasteiger partial charge in [-0.3, -0.25) is 0 Å². The lowest BCUT2D eigenvalue weighted by atomic mass is 10.2. The molecule has 0 radical (unpaired) electrons. The van der Waals surface area contributed by atoms with E-state index >= 15 is 0 Å². The zero-order chi connectivity index (χ0) is 15.7. The van der Waals surface area contributed by atoms with E-state index in [1.165, 1.54) is 4.90 Å². The van der Waals surface area contributed by atoms with Crippen molar-refractivity contribution in [3.63, 3.8) is 0 Å². The Hall–Kier alpha value is -2.14. The van der Waals surface area contributed by atoms with Crippen LogP contribution in [0, 0.1) is 0 Å². The fourth-order valence-corrected chi connectivity index (χ4v) is 3.89. The third-order valence-electron chi connectivity index (χ3n) is 3.82. The van der Waals surface area contributed by atoms with Crippen LogP contribution in [0.25, 0.3) is 0 Å². The average molecular weight is 314 g/mol. The number of benzene rings is 2. The summed E-state index contributed by atoms with van der Waals surface area (Å²) in [6.07, 6.45) is -0.950. The van der Waals surface area contributed by atoms with Gasteiger partial charge in [0.2, 0.25) is 0 Å². The van der Waals surface area contributed by atoms with Crippen molar-refractivity contribution in [1.82, 2.24) is 0 Å². The van der Waals surface area contributed by atoms with Gasteiger partial charge in [-0.25, -0.2) is 9.69 Å². The SMILES string of the molecule is CCN(CC)c1cccc2c1N(C(=O)O)c1ccccc1S2. The molecule has 1 aliphatic rings. The zero-order valence-corrected chi connectivity index (χ0v) is 13.4. The third-order valence-corrected chi connectivity index (χ3v) is 4.94. The molecule has 0 spiro atoms. The number of carboxylic acid groups (broad SMARTS) is 1. The first-order valence-electron chi connectivity index (χ1n) is 7.35. The van der Waals surface area contributed by atoms with Gasteiger partial charge in [-0.2, -0.15) is 0 Å². The lowest BCUT2D eigenvalue weighted by Gasteiger charge is -2.34. The molecule has 0 atom stereocenters. The molecule has 1 heterocycles. The van der Waals surface area contributed by atoms with Crippen molar-refractivity contribution >= 4 is 34.9 Å². The minimum Gasteiger partial charge on any atom is -0.464 e. The fourth-order valence-electron chi connectivity index (χ4n) is 2.80. The fraction of sp³-hybridized carbons (Fsp3) is 0.235. The van der Waals surface area contributed by atoms with Gasteiger partial charge < -0.3 is 10.0 Å². The Labute approximate surface area is 134 Å². The highest BCUT2D eigenvalue weighted by molar-refractivity contribution is 7.99. The van der Waals surface area contributed by atoms with Crippen molar-refractivity contribution in [3.05, 3.63) is 42.5 Å². The molecule has 0 bridgehead atoms. The van der Waals surface area contributed by atoms with Gasteiger partial charge in [-0.05, 0) is 38.1 Å². The van der Waals surface area contributed by atoms with E-state index < -0.39 is 6.09 Å². The topological polar surface area (TPSA) is 43.8 Å². The molecule has 0 aliphatic carbocycles. The van der Waals surface area contributed by atoms with E-state index in [0.717, 1.165) is 39.9 Å². The molecule has 1 amide bonds. The predicted molar refractivity (Wildman–Crippen MR) is 90.7 cm³/mol. The van der Waals surface area contributed by atoms with Crippen LogP contribution in [0.4, 0.5) is 21.9 Å². The standard InChI is InChI=1S/C17H18N2O2S/c1-3-18(4-2)13-9-7-11-15-16(13)19(17(20)21)12-8-5-6-10-14(12)22-15/h5-11H,3-4H2,1-2H3,(H,20,21). The summed E-state index contributed by atoms with van der Waals surface area (Å²) in [4.78, 5) is 17.5. The molecule has 5 heteroatoms. The van der Waals surface area contributed by atoms with Crippen LogP contribution in [-0.4, -0.2) is 24.3 Å². The summed E-state index contributed by atoms with van der Waals surface area (Å²) >= 11 is 1.62. The Morgan fingerprint density at radius 1 is 1.09 bits per heavy atom. The summed E-state index contributed by atoms with van der Waals surface area (Å²) in [5.74, 6) is 0. The molecule has 0 aromatic heterocycles. The molecule has 22 heavy (non-hydrogen) atoms. The van der Waals surface area contributed by atoms with Crippen LogP contribution in [0.5, 0.6) is 0 Å². The molecule has 1 N–H and O–H groups in total. The Balaban J connectivity index is 2.23. The Bertz CT molecular complexity index is 714. The summed E-state index contributed by atoms with van der Waals surface area (Å²) in [7, 11) is 0. The van der Waals surface area contributed by atoms with Crippen LogP contribution < -0.4 is 9.80 Å². The quantitative estimate of drug-likeness (QED) is 0.882. The Morgan fingerprint density at radius 2 is 1.77 bits per heavy atom. The van der Waals surface area contributed by atoms with Gasteiger partial charge in [0.15, 0.2) is 0 Å². The van der Waals surface area contributed by atoms with Crippen LogP contribution in [0.3, 0.4) is 0 Å². The van der Waals surface area contributed by atoms with Gasteiger partial charge in [0.1, 0.15) is 0 Å². The molecule has 0 fully saturated rings. The second-order valence-electron chi connectivity index (χ2n) is 4.98. The maximum absolute atomic E-state index is 11.9. The monoisotopic (exact) mass is 314 g/mol. The second kappa shape index (κ2) is 5.93. The first kappa shape index (κ1) is 14.8. The molecule has 0 saturated carbocycles. The Kier molecular flexibility index (Phi) is 3.98. The van der Waals surface area contributed by atoms with E-state index in [1.54, 1.807) is 11.8 Å². The first-order valence-corrected chi connectivity index (χ1v) is 8.16. The van der Waals surface area contributed by atoms with Crippen LogP contribution in [0.1, 0.15) is 13.8 Å². The highest BCUT2D eigenvalue weighted by atomic mass is 32.2. The van der Waals surface area contributed by atoms with E-state index in [1.807, 2.05) is 42.5 Å². The number of rotatable bonds is 3. The van der Waals surface area contributed by atoms with Crippen LogP contribution in [-0.2, 0) is 0 Å². The zero-order valence-electron chi connectivity index (χ0n) is 12.6. The summed E-state index contributed by atoms with van der Waals surface area (Å²) in [5.41, 5.74) is 2.46. The van der Waals surface area contributed by atoms with E-state index in [0.29, 0.717) is 0 Å². The largest absolute Gasteiger partial charge is 0.464 e. The van der Waals surface area contributed by atoms with E-state index in [2.05, 4.69) is 18.7 Å². The van der Waals surface area contributed by atoms with Crippen molar-refractivity contribution in [3.8, 4) is 0 Å². The maximum atomic E-state index is 11.9. The van der Waals surface area contributed by atoms with Crippen molar-refractivity contribution in [2.75, 3.05) is 22.9 Å². The molecule has 2 aromatic carbocycles. The summed E-state index contributed by atoms with van der Waals surface area (Å²) < 4.78 is 0. The molecule has 2 aromatic rings. The predicted octanol–water partition coefficient (Wildman–Crippen LogP) is 4.81. The van der Waals surface area contributed by atoms with E-state index in [-0.39, 0.29) is 0 Å². The highest BCUT2D eigenvalue weighted by Gasteiger charge is 2.31. The summed E-state index contributed by atoms with van der Waals surface area (Å²) in [5, 5.41) is 9.78. The number of para-hydroxylation sites is 2. The lowest BCUT2D eigenvalue weighted by Crippen LogP contribution is -2.30.